The average molecular weight is 415 g/mol. The molecule has 2 aliphatic rings. The van der Waals surface area contributed by atoms with Crippen LogP contribution in [0, 0.1) is 5.82 Å². The summed E-state index contributed by atoms with van der Waals surface area (Å²) in [6.45, 7) is 4.78. The molecule has 0 amide bonds. The minimum absolute atomic E-state index is 0.266. The number of hydrogen-bond donors (Lipinski definition) is 0. The van der Waals surface area contributed by atoms with Crippen LogP contribution in [-0.4, -0.2) is 36.3 Å². The highest BCUT2D eigenvalue weighted by Crippen LogP contribution is 2.41. The van der Waals surface area contributed by atoms with Crippen molar-refractivity contribution in [3.8, 4) is 0 Å². The van der Waals surface area contributed by atoms with E-state index in [1.807, 2.05) is 6.07 Å². The highest BCUT2D eigenvalue weighted by molar-refractivity contribution is 6.31. The van der Waals surface area contributed by atoms with E-state index in [0.29, 0.717) is 25.8 Å². The molecule has 152 valence electrons. The molecule has 1 atom stereocenters. The monoisotopic (exact) mass is 414 g/mol. The van der Waals surface area contributed by atoms with E-state index >= 15 is 0 Å². The number of hydrogen-bond acceptors (Lipinski definition) is 3. The van der Waals surface area contributed by atoms with Gasteiger partial charge in [-0.05, 0) is 49.9 Å². The second kappa shape index (κ2) is 7.10. The summed E-state index contributed by atoms with van der Waals surface area (Å²) < 4.78 is 28.1. The minimum Gasteiger partial charge on any atom is -0.342 e. The molecule has 3 heterocycles. The van der Waals surface area contributed by atoms with Gasteiger partial charge < -0.3 is 14.0 Å². The van der Waals surface area contributed by atoms with Gasteiger partial charge in [0.1, 0.15) is 5.82 Å². The molecule has 6 heteroatoms. The highest BCUT2D eigenvalue weighted by Gasteiger charge is 2.41. The Labute approximate surface area is 174 Å². The van der Waals surface area contributed by atoms with E-state index in [0.717, 1.165) is 29.1 Å². The molecule has 0 aliphatic carbocycles. The molecule has 0 N–H and O–H groups in total. The third kappa shape index (κ3) is 3.08. The molecule has 2 aromatic carbocycles. The van der Waals surface area contributed by atoms with Gasteiger partial charge in [0.2, 0.25) is 5.79 Å². The van der Waals surface area contributed by atoms with Crippen LogP contribution in [0.15, 0.2) is 42.5 Å². The molecule has 5 rings (SSSR count). The molecule has 1 saturated heterocycles. The molecule has 3 aromatic rings. The van der Waals surface area contributed by atoms with Crippen molar-refractivity contribution >= 4 is 22.5 Å². The summed E-state index contributed by atoms with van der Waals surface area (Å²) in [6, 6.07) is 12.8. The summed E-state index contributed by atoms with van der Waals surface area (Å²) in [5, 5.41) is 1.92. The van der Waals surface area contributed by atoms with Crippen LogP contribution in [0.2, 0.25) is 5.02 Å². The first kappa shape index (κ1) is 19.1. The van der Waals surface area contributed by atoms with Crippen molar-refractivity contribution in [2.75, 3.05) is 26.8 Å². The van der Waals surface area contributed by atoms with Crippen LogP contribution >= 0.6 is 11.6 Å². The molecule has 1 fully saturated rings. The van der Waals surface area contributed by atoms with E-state index in [-0.39, 0.29) is 5.82 Å². The Morgan fingerprint density at radius 1 is 1.14 bits per heavy atom. The molecule has 29 heavy (non-hydrogen) atoms. The summed E-state index contributed by atoms with van der Waals surface area (Å²) in [6.07, 6.45) is 0.946. The van der Waals surface area contributed by atoms with Crippen LogP contribution in [0.25, 0.3) is 10.9 Å². The van der Waals surface area contributed by atoms with E-state index in [1.54, 1.807) is 12.1 Å². The van der Waals surface area contributed by atoms with Crippen LogP contribution in [0.4, 0.5) is 4.39 Å². The smallest absolute Gasteiger partial charge is 0.213 e. The van der Waals surface area contributed by atoms with Gasteiger partial charge in [-0.15, -0.1) is 0 Å². The maximum Gasteiger partial charge on any atom is 0.213 e. The van der Waals surface area contributed by atoms with Crippen molar-refractivity contribution < 1.29 is 13.9 Å². The summed E-state index contributed by atoms with van der Waals surface area (Å²) >= 11 is 6.36. The summed E-state index contributed by atoms with van der Waals surface area (Å²) in [7, 11) is 2.16. The Balaban J connectivity index is 1.68. The van der Waals surface area contributed by atoms with Crippen molar-refractivity contribution in [3.63, 3.8) is 0 Å². The fraction of sp³-hybridized carbons (Fsp3) is 0.391. The van der Waals surface area contributed by atoms with Crippen molar-refractivity contribution in [2.24, 2.45) is 0 Å². The van der Waals surface area contributed by atoms with Gasteiger partial charge >= 0.3 is 0 Å². The number of benzene rings is 2. The molecule has 1 unspecified atom stereocenters. The quantitative estimate of drug-likeness (QED) is 0.611. The predicted molar refractivity (Wildman–Crippen MR) is 112 cm³/mol. The standard InChI is InChI=1S/C23H24ClFN2O2/c1-15-22-19-13-17(24)5-8-20(19)27(21(22)9-10-26(15)2)14-23(28-11-12-29-23)16-3-6-18(25)7-4-16/h3-8,13,15H,9-12,14H2,1-2H3. The Kier molecular flexibility index (Phi) is 4.67. The zero-order valence-electron chi connectivity index (χ0n) is 16.6. The lowest BCUT2D eigenvalue weighted by atomic mass is 9.97. The van der Waals surface area contributed by atoms with Crippen LogP contribution in [0.5, 0.6) is 0 Å². The van der Waals surface area contributed by atoms with Crippen LogP contribution < -0.4 is 0 Å². The first-order chi connectivity index (χ1) is 14.0. The number of fused-ring (bicyclic) bond motifs is 3. The minimum atomic E-state index is -0.917. The molecule has 1 aromatic heterocycles. The summed E-state index contributed by atoms with van der Waals surface area (Å²) in [4.78, 5) is 2.37. The van der Waals surface area contributed by atoms with Crippen LogP contribution in [0.1, 0.15) is 29.8 Å². The van der Waals surface area contributed by atoms with E-state index in [1.165, 1.54) is 28.8 Å². The number of ether oxygens (including phenoxy) is 2. The van der Waals surface area contributed by atoms with Gasteiger partial charge in [-0.25, -0.2) is 4.39 Å². The second-order valence-electron chi connectivity index (χ2n) is 7.97. The Bertz CT molecular complexity index is 1060. The summed E-state index contributed by atoms with van der Waals surface area (Å²) in [5.74, 6) is -1.18. The molecule has 0 spiro atoms. The third-order valence-electron chi connectivity index (χ3n) is 6.36. The number of halogens is 2. The van der Waals surface area contributed by atoms with Crippen molar-refractivity contribution in [3.05, 3.63) is 70.1 Å². The highest BCUT2D eigenvalue weighted by atomic mass is 35.5. The number of rotatable bonds is 3. The lowest BCUT2D eigenvalue weighted by Crippen LogP contribution is -2.35. The molecule has 0 saturated carbocycles. The van der Waals surface area contributed by atoms with E-state index in [9.17, 15) is 4.39 Å². The number of likely N-dealkylation sites (N-methyl/N-ethyl adjacent to an activating group) is 1. The normalized spacial score (nSPS) is 21.6. The average Bonchev–Trinajstić information content (AvgIpc) is 3.30. The lowest BCUT2D eigenvalue weighted by molar-refractivity contribution is -0.175. The van der Waals surface area contributed by atoms with Gasteiger partial charge in [-0.2, -0.15) is 0 Å². The first-order valence-electron chi connectivity index (χ1n) is 10.0. The van der Waals surface area contributed by atoms with E-state index in [2.05, 4.69) is 35.6 Å². The van der Waals surface area contributed by atoms with Crippen molar-refractivity contribution in [1.29, 1.82) is 0 Å². The van der Waals surface area contributed by atoms with Crippen LogP contribution in [0.3, 0.4) is 0 Å². The largest absolute Gasteiger partial charge is 0.342 e. The molecule has 4 nitrogen and oxygen atoms in total. The van der Waals surface area contributed by atoms with Gasteiger partial charge in [0, 0.05) is 46.2 Å². The SMILES string of the molecule is CC1c2c(n(CC3(c4ccc(F)cc4)OCCO3)c3ccc(Cl)cc23)CCN1C. The van der Waals surface area contributed by atoms with Crippen molar-refractivity contribution in [1.82, 2.24) is 9.47 Å². The van der Waals surface area contributed by atoms with Crippen LogP contribution in [-0.2, 0) is 28.2 Å². The molecule has 2 aliphatic heterocycles. The van der Waals surface area contributed by atoms with Gasteiger partial charge in [-0.3, -0.25) is 4.90 Å². The van der Waals surface area contributed by atoms with E-state index in [4.69, 9.17) is 21.1 Å². The molecular formula is C23H24ClFN2O2. The van der Waals surface area contributed by atoms with E-state index < -0.39 is 5.79 Å². The Morgan fingerprint density at radius 3 is 2.59 bits per heavy atom. The first-order valence-corrected chi connectivity index (χ1v) is 10.4. The van der Waals surface area contributed by atoms with Gasteiger partial charge in [-0.1, -0.05) is 23.7 Å². The summed E-state index contributed by atoms with van der Waals surface area (Å²) in [5.41, 5.74) is 4.58. The fourth-order valence-corrected chi connectivity index (χ4v) is 4.91. The van der Waals surface area contributed by atoms with Gasteiger partial charge in [0.25, 0.3) is 0 Å². The molecule has 0 bridgehead atoms. The molecule has 0 radical (unpaired) electrons. The van der Waals surface area contributed by atoms with Gasteiger partial charge in [0.15, 0.2) is 0 Å². The number of nitrogens with zero attached hydrogens (tertiary/aromatic N) is 2. The maximum absolute atomic E-state index is 13.5. The second-order valence-corrected chi connectivity index (χ2v) is 8.41. The Morgan fingerprint density at radius 2 is 1.86 bits per heavy atom. The lowest BCUT2D eigenvalue weighted by Gasteiger charge is -2.33. The van der Waals surface area contributed by atoms with Gasteiger partial charge in [0.05, 0.1) is 19.8 Å². The topological polar surface area (TPSA) is 26.6 Å². The van der Waals surface area contributed by atoms with Crippen molar-refractivity contribution in [2.45, 2.75) is 31.7 Å². The zero-order chi connectivity index (χ0) is 20.2. The molecular weight excluding hydrogens is 391 g/mol. The zero-order valence-corrected chi connectivity index (χ0v) is 17.4. The maximum atomic E-state index is 13.5. The third-order valence-corrected chi connectivity index (χ3v) is 6.60. The fourth-order valence-electron chi connectivity index (χ4n) is 4.73. The Hall–Kier alpha value is -1.92. The number of aromatic nitrogens is 1. The predicted octanol–water partition coefficient (Wildman–Crippen LogP) is 4.88.